The lowest BCUT2D eigenvalue weighted by molar-refractivity contribution is -0.144. The van der Waals surface area contributed by atoms with Crippen molar-refractivity contribution >= 4 is 17.3 Å². The van der Waals surface area contributed by atoms with Gasteiger partial charge in [-0.1, -0.05) is 36.4 Å². The van der Waals surface area contributed by atoms with Crippen molar-refractivity contribution in [3.05, 3.63) is 95.8 Å². The Morgan fingerprint density at radius 2 is 1.79 bits per heavy atom. The van der Waals surface area contributed by atoms with Gasteiger partial charge in [-0.25, -0.2) is 4.98 Å². The summed E-state index contributed by atoms with van der Waals surface area (Å²) in [6.45, 7) is 0.140. The van der Waals surface area contributed by atoms with Gasteiger partial charge in [-0.05, 0) is 30.3 Å². The van der Waals surface area contributed by atoms with E-state index in [1.807, 2.05) is 72.1 Å². The molecule has 4 aromatic rings. The monoisotopic (exact) mass is 402 g/mol. The number of thiazole rings is 1. The minimum atomic E-state index is -0.331. The summed E-state index contributed by atoms with van der Waals surface area (Å²) in [5.41, 5.74) is 2.43. The molecular formula is C23H18N2O3S. The van der Waals surface area contributed by atoms with Gasteiger partial charge in [0.25, 0.3) is 0 Å². The largest absolute Gasteiger partial charge is 0.460 e. The number of pyridine rings is 1. The van der Waals surface area contributed by atoms with Crippen molar-refractivity contribution in [1.82, 2.24) is 9.97 Å². The molecule has 0 aliphatic heterocycles. The highest BCUT2D eigenvalue weighted by Crippen LogP contribution is 2.26. The Morgan fingerprint density at radius 3 is 2.62 bits per heavy atom. The van der Waals surface area contributed by atoms with Crippen molar-refractivity contribution in [2.45, 2.75) is 13.0 Å². The predicted octanol–water partition coefficient (Wildman–Crippen LogP) is 5.28. The number of carbonyl (C=O) groups excluding carboxylic acids is 1. The van der Waals surface area contributed by atoms with Crippen LogP contribution in [0.4, 0.5) is 0 Å². The Balaban J connectivity index is 1.36. The lowest BCUT2D eigenvalue weighted by atomic mass is 10.2. The second kappa shape index (κ2) is 9.12. The van der Waals surface area contributed by atoms with Crippen LogP contribution in [0, 0.1) is 0 Å². The molecular weight excluding hydrogens is 384 g/mol. The zero-order valence-corrected chi connectivity index (χ0v) is 16.3. The maximum absolute atomic E-state index is 12.3. The van der Waals surface area contributed by atoms with Crippen LogP contribution in [0.25, 0.3) is 10.6 Å². The van der Waals surface area contributed by atoms with E-state index in [2.05, 4.69) is 9.97 Å². The van der Waals surface area contributed by atoms with Gasteiger partial charge < -0.3 is 9.47 Å². The van der Waals surface area contributed by atoms with Crippen LogP contribution in [0.1, 0.15) is 11.3 Å². The van der Waals surface area contributed by atoms with E-state index in [-0.39, 0.29) is 19.0 Å². The lowest BCUT2D eigenvalue weighted by Crippen LogP contribution is -2.08. The topological polar surface area (TPSA) is 61.3 Å². The second-order valence-corrected chi connectivity index (χ2v) is 7.10. The summed E-state index contributed by atoms with van der Waals surface area (Å²) < 4.78 is 11.4. The molecule has 0 atom stereocenters. The van der Waals surface area contributed by atoms with Crippen LogP contribution in [0.2, 0.25) is 0 Å². The van der Waals surface area contributed by atoms with Crippen molar-refractivity contribution in [2.75, 3.05) is 0 Å². The van der Waals surface area contributed by atoms with Gasteiger partial charge in [-0.15, -0.1) is 11.3 Å². The molecule has 2 aromatic carbocycles. The fraction of sp³-hybridized carbons (Fsp3) is 0.0870. The molecule has 0 fully saturated rings. The average molecular weight is 402 g/mol. The normalized spacial score (nSPS) is 10.5. The number of carbonyl (C=O) groups is 1. The molecule has 0 spiro atoms. The van der Waals surface area contributed by atoms with E-state index < -0.39 is 0 Å². The fourth-order valence-electron chi connectivity index (χ4n) is 2.71. The molecule has 0 unspecified atom stereocenters. The zero-order chi connectivity index (χ0) is 19.9. The molecule has 0 aliphatic carbocycles. The number of para-hydroxylation sites is 2. The molecule has 144 valence electrons. The van der Waals surface area contributed by atoms with Gasteiger partial charge in [0.2, 0.25) is 0 Å². The summed E-state index contributed by atoms with van der Waals surface area (Å²) in [7, 11) is 0. The number of aromatic nitrogens is 2. The molecule has 5 nitrogen and oxygen atoms in total. The van der Waals surface area contributed by atoms with Crippen molar-refractivity contribution in [3.8, 4) is 22.1 Å². The van der Waals surface area contributed by atoms with Crippen LogP contribution >= 0.6 is 11.3 Å². The van der Waals surface area contributed by atoms with E-state index in [0.29, 0.717) is 11.4 Å². The van der Waals surface area contributed by atoms with Gasteiger partial charge in [0.1, 0.15) is 23.1 Å². The van der Waals surface area contributed by atoms with E-state index in [4.69, 9.17) is 9.47 Å². The zero-order valence-electron chi connectivity index (χ0n) is 15.5. The van der Waals surface area contributed by atoms with Crippen molar-refractivity contribution in [2.24, 2.45) is 0 Å². The molecule has 0 saturated heterocycles. The molecule has 29 heavy (non-hydrogen) atoms. The van der Waals surface area contributed by atoms with Crippen molar-refractivity contribution in [3.63, 3.8) is 0 Å². The average Bonchev–Trinajstić information content (AvgIpc) is 3.23. The molecule has 0 N–H and O–H groups in total. The third-order valence-electron chi connectivity index (χ3n) is 4.12. The number of esters is 1. The van der Waals surface area contributed by atoms with Gasteiger partial charge in [0.05, 0.1) is 12.1 Å². The Labute approximate surface area is 172 Å². The molecule has 0 saturated carbocycles. The molecule has 2 aromatic heterocycles. The van der Waals surface area contributed by atoms with Crippen LogP contribution < -0.4 is 4.74 Å². The van der Waals surface area contributed by atoms with Crippen LogP contribution in [0.15, 0.2) is 84.5 Å². The minimum Gasteiger partial charge on any atom is -0.460 e. The van der Waals surface area contributed by atoms with Gasteiger partial charge in [0, 0.05) is 28.9 Å². The molecule has 4 rings (SSSR count). The highest BCUT2D eigenvalue weighted by Gasteiger charge is 2.12. The van der Waals surface area contributed by atoms with Gasteiger partial charge in [-0.3, -0.25) is 9.78 Å². The number of benzene rings is 2. The summed E-state index contributed by atoms with van der Waals surface area (Å²) in [6.07, 6.45) is 3.60. The smallest absolute Gasteiger partial charge is 0.312 e. The number of hydrogen-bond donors (Lipinski definition) is 0. The summed E-state index contributed by atoms with van der Waals surface area (Å²) in [5, 5.41) is 2.71. The molecule has 0 radical (unpaired) electrons. The van der Waals surface area contributed by atoms with Gasteiger partial charge >= 0.3 is 5.97 Å². The lowest BCUT2D eigenvalue weighted by Gasteiger charge is -2.11. The third-order valence-corrected chi connectivity index (χ3v) is 5.06. The molecule has 0 aliphatic rings. The quantitative estimate of drug-likeness (QED) is 0.394. The fourth-order valence-corrected chi connectivity index (χ4v) is 3.52. The SMILES string of the molecule is O=C(Cc1csc(-c2cccnc2)n1)OCc1ccccc1Oc1ccccc1. The first-order chi connectivity index (χ1) is 14.3. The predicted molar refractivity (Wildman–Crippen MR) is 112 cm³/mol. The molecule has 2 heterocycles. The Kier molecular flexibility index (Phi) is 5.92. The Hall–Kier alpha value is -3.51. The number of hydrogen-bond acceptors (Lipinski definition) is 6. The van der Waals surface area contributed by atoms with E-state index >= 15 is 0 Å². The summed E-state index contributed by atoms with van der Waals surface area (Å²) in [6, 6.07) is 20.8. The summed E-state index contributed by atoms with van der Waals surface area (Å²) in [4.78, 5) is 20.9. The van der Waals surface area contributed by atoms with Crippen LogP contribution in [-0.4, -0.2) is 15.9 Å². The van der Waals surface area contributed by atoms with Crippen molar-refractivity contribution < 1.29 is 14.3 Å². The number of ether oxygens (including phenoxy) is 2. The van der Waals surface area contributed by atoms with Crippen LogP contribution in [0.5, 0.6) is 11.5 Å². The van der Waals surface area contributed by atoms with Crippen molar-refractivity contribution in [1.29, 1.82) is 0 Å². The van der Waals surface area contributed by atoms with E-state index in [1.54, 1.807) is 12.4 Å². The van der Waals surface area contributed by atoms with Gasteiger partial charge in [-0.2, -0.15) is 0 Å². The number of nitrogens with zero attached hydrogens (tertiary/aromatic N) is 2. The maximum Gasteiger partial charge on any atom is 0.312 e. The maximum atomic E-state index is 12.3. The Morgan fingerprint density at radius 1 is 0.966 bits per heavy atom. The highest BCUT2D eigenvalue weighted by atomic mass is 32.1. The first kappa shape index (κ1) is 18.8. The number of rotatable bonds is 7. The van der Waals surface area contributed by atoms with Gasteiger partial charge in [0.15, 0.2) is 0 Å². The van der Waals surface area contributed by atoms with Crippen LogP contribution in [0.3, 0.4) is 0 Å². The summed E-state index contributed by atoms with van der Waals surface area (Å²) in [5.74, 6) is 1.07. The second-order valence-electron chi connectivity index (χ2n) is 6.25. The first-order valence-corrected chi connectivity index (χ1v) is 9.97. The Bertz CT molecular complexity index is 1080. The third kappa shape index (κ3) is 5.06. The highest BCUT2D eigenvalue weighted by molar-refractivity contribution is 7.13. The van der Waals surface area contributed by atoms with Crippen LogP contribution in [-0.2, 0) is 22.6 Å². The van der Waals surface area contributed by atoms with E-state index in [9.17, 15) is 4.79 Å². The summed E-state index contributed by atoms with van der Waals surface area (Å²) >= 11 is 1.48. The van der Waals surface area contributed by atoms with E-state index in [1.165, 1.54) is 11.3 Å². The molecule has 0 bridgehead atoms. The standard InChI is InChI=1S/C23H18N2O3S/c26-22(13-19-16-29-23(25-19)17-8-6-12-24-14-17)27-15-18-7-4-5-11-21(18)28-20-9-2-1-3-10-20/h1-12,14,16H,13,15H2. The minimum absolute atomic E-state index is 0.123. The first-order valence-electron chi connectivity index (χ1n) is 9.09. The molecule has 0 amide bonds. The molecule has 6 heteroatoms. The van der Waals surface area contributed by atoms with E-state index in [0.717, 1.165) is 21.9 Å².